The summed E-state index contributed by atoms with van der Waals surface area (Å²) in [7, 11) is 0. The largest absolute Gasteiger partial charge is 0.311 e. The van der Waals surface area contributed by atoms with E-state index in [9.17, 15) is 0 Å². The molecule has 1 nitrogen and oxygen atoms in total. The lowest BCUT2D eigenvalue weighted by Gasteiger charge is -2.17. The van der Waals surface area contributed by atoms with Crippen molar-refractivity contribution in [2.24, 2.45) is 11.3 Å². The molecule has 0 saturated heterocycles. The molecule has 2 aliphatic carbocycles. The van der Waals surface area contributed by atoms with Gasteiger partial charge in [-0.1, -0.05) is 27.2 Å². The smallest absolute Gasteiger partial charge is 0.0102 e. The van der Waals surface area contributed by atoms with Crippen molar-refractivity contribution in [2.45, 2.75) is 65.0 Å². The van der Waals surface area contributed by atoms with Crippen LogP contribution in [0.4, 0.5) is 0 Å². The molecule has 2 rings (SSSR count). The summed E-state index contributed by atoms with van der Waals surface area (Å²) in [6, 6.07) is 1.71. The summed E-state index contributed by atoms with van der Waals surface area (Å²) in [5.74, 6) is 1.00. The van der Waals surface area contributed by atoms with Gasteiger partial charge in [-0.05, 0) is 37.0 Å². The van der Waals surface area contributed by atoms with Crippen molar-refractivity contribution in [3.63, 3.8) is 0 Å². The molecule has 0 bridgehead atoms. The molecule has 0 amide bonds. The maximum absolute atomic E-state index is 3.81. The summed E-state index contributed by atoms with van der Waals surface area (Å²) in [4.78, 5) is 0. The van der Waals surface area contributed by atoms with E-state index in [1.165, 1.54) is 32.1 Å². The van der Waals surface area contributed by atoms with Gasteiger partial charge in [0.15, 0.2) is 0 Å². The topological polar surface area (TPSA) is 12.0 Å². The van der Waals surface area contributed by atoms with Gasteiger partial charge < -0.3 is 5.32 Å². The lowest BCUT2D eigenvalue weighted by molar-refractivity contribution is 0.362. The Bertz CT molecular complexity index is 186. The van der Waals surface area contributed by atoms with Crippen molar-refractivity contribution in [1.29, 1.82) is 0 Å². The number of hydrogen-bond acceptors (Lipinski definition) is 1. The second-order valence-electron chi connectivity index (χ2n) is 5.78. The first-order valence-corrected chi connectivity index (χ1v) is 5.87. The minimum absolute atomic E-state index is 0.605. The fourth-order valence-electron chi connectivity index (χ4n) is 2.78. The Hall–Kier alpha value is -0.0400. The Kier molecular flexibility index (Phi) is 2.39. The average Bonchev–Trinajstić information content (AvgIpc) is 2.70. The van der Waals surface area contributed by atoms with Gasteiger partial charge in [0.25, 0.3) is 0 Å². The van der Waals surface area contributed by atoms with Gasteiger partial charge in [0.05, 0.1) is 0 Å². The Labute approximate surface area is 82.3 Å². The van der Waals surface area contributed by atoms with Crippen LogP contribution >= 0.6 is 0 Å². The predicted octanol–water partition coefficient (Wildman–Crippen LogP) is 2.95. The summed E-state index contributed by atoms with van der Waals surface area (Å²) in [6.45, 7) is 7.11. The minimum atomic E-state index is 0.605. The molecule has 0 aliphatic heterocycles. The summed E-state index contributed by atoms with van der Waals surface area (Å²) in [6.07, 6.45) is 7.01. The van der Waals surface area contributed by atoms with Crippen molar-refractivity contribution in [1.82, 2.24) is 5.32 Å². The zero-order valence-electron chi connectivity index (χ0n) is 9.27. The maximum Gasteiger partial charge on any atom is 0.0102 e. The van der Waals surface area contributed by atoms with Crippen LogP contribution in [0, 0.1) is 11.3 Å². The van der Waals surface area contributed by atoms with Gasteiger partial charge in [-0.15, -0.1) is 0 Å². The van der Waals surface area contributed by atoms with E-state index in [-0.39, 0.29) is 0 Å². The maximum atomic E-state index is 3.81. The van der Waals surface area contributed by atoms with E-state index in [0.29, 0.717) is 5.41 Å². The first-order chi connectivity index (χ1) is 6.11. The highest BCUT2D eigenvalue weighted by Gasteiger charge is 2.39. The SMILES string of the molecule is CCC1CC1NC1CCC(C)(C)C1. The van der Waals surface area contributed by atoms with Crippen LogP contribution in [0.1, 0.15) is 52.9 Å². The average molecular weight is 181 g/mol. The molecule has 0 radical (unpaired) electrons. The van der Waals surface area contributed by atoms with Gasteiger partial charge in [0.1, 0.15) is 0 Å². The lowest BCUT2D eigenvalue weighted by atomic mass is 9.92. The van der Waals surface area contributed by atoms with E-state index < -0.39 is 0 Å². The van der Waals surface area contributed by atoms with E-state index in [1.807, 2.05) is 0 Å². The van der Waals surface area contributed by atoms with Crippen LogP contribution in [0.3, 0.4) is 0 Å². The molecule has 1 heteroatoms. The van der Waals surface area contributed by atoms with E-state index in [4.69, 9.17) is 0 Å². The third-order valence-electron chi connectivity index (χ3n) is 3.87. The van der Waals surface area contributed by atoms with Crippen molar-refractivity contribution in [3.8, 4) is 0 Å². The number of nitrogens with one attached hydrogen (secondary N) is 1. The molecule has 2 aliphatic rings. The highest BCUT2D eigenvalue weighted by atomic mass is 15.0. The fourth-order valence-corrected chi connectivity index (χ4v) is 2.78. The van der Waals surface area contributed by atoms with Crippen LogP contribution in [0.5, 0.6) is 0 Å². The molecular formula is C12H23N. The first kappa shape index (κ1) is 9.51. The van der Waals surface area contributed by atoms with Crippen LogP contribution in [0.25, 0.3) is 0 Å². The van der Waals surface area contributed by atoms with Crippen LogP contribution in [0.15, 0.2) is 0 Å². The Morgan fingerprint density at radius 1 is 1.38 bits per heavy atom. The molecule has 13 heavy (non-hydrogen) atoms. The van der Waals surface area contributed by atoms with Crippen molar-refractivity contribution >= 4 is 0 Å². The lowest BCUT2D eigenvalue weighted by Crippen LogP contribution is -2.30. The molecule has 0 aromatic carbocycles. The molecule has 2 fully saturated rings. The zero-order chi connectivity index (χ0) is 9.47. The number of hydrogen-bond donors (Lipinski definition) is 1. The fraction of sp³-hybridized carbons (Fsp3) is 1.00. The van der Waals surface area contributed by atoms with Gasteiger partial charge in [0, 0.05) is 12.1 Å². The summed E-state index contributed by atoms with van der Waals surface area (Å²) in [5, 5.41) is 3.81. The molecule has 76 valence electrons. The van der Waals surface area contributed by atoms with Crippen LogP contribution in [-0.4, -0.2) is 12.1 Å². The highest BCUT2D eigenvalue weighted by Crippen LogP contribution is 2.40. The van der Waals surface area contributed by atoms with Crippen LogP contribution < -0.4 is 5.32 Å². The molecule has 3 atom stereocenters. The number of rotatable bonds is 3. The second kappa shape index (κ2) is 3.27. The minimum Gasteiger partial charge on any atom is -0.311 e. The summed E-state index contributed by atoms with van der Waals surface area (Å²) >= 11 is 0. The first-order valence-electron chi connectivity index (χ1n) is 5.87. The Balaban J connectivity index is 1.73. The normalized spacial score (nSPS) is 42.2. The van der Waals surface area contributed by atoms with Crippen LogP contribution in [-0.2, 0) is 0 Å². The molecule has 0 heterocycles. The van der Waals surface area contributed by atoms with E-state index in [2.05, 4.69) is 26.1 Å². The zero-order valence-corrected chi connectivity index (χ0v) is 9.27. The van der Waals surface area contributed by atoms with Gasteiger partial charge in [0.2, 0.25) is 0 Å². The molecule has 0 aromatic rings. The van der Waals surface area contributed by atoms with E-state index >= 15 is 0 Å². The Morgan fingerprint density at radius 3 is 2.62 bits per heavy atom. The van der Waals surface area contributed by atoms with Gasteiger partial charge in [-0.3, -0.25) is 0 Å². The highest BCUT2D eigenvalue weighted by molar-refractivity contribution is 4.97. The quantitative estimate of drug-likeness (QED) is 0.706. The third-order valence-corrected chi connectivity index (χ3v) is 3.87. The Morgan fingerprint density at radius 2 is 2.15 bits per heavy atom. The van der Waals surface area contributed by atoms with E-state index in [0.717, 1.165) is 18.0 Å². The molecule has 1 N–H and O–H groups in total. The summed E-state index contributed by atoms with van der Waals surface area (Å²) in [5.41, 5.74) is 0.605. The van der Waals surface area contributed by atoms with Crippen molar-refractivity contribution < 1.29 is 0 Å². The van der Waals surface area contributed by atoms with E-state index in [1.54, 1.807) is 0 Å². The predicted molar refractivity (Wildman–Crippen MR) is 56.7 cm³/mol. The second-order valence-corrected chi connectivity index (χ2v) is 5.78. The third kappa shape index (κ3) is 2.25. The monoisotopic (exact) mass is 181 g/mol. The van der Waals surface area contributed by atoms with Gasteiger partial charge in [-0.25, -0.2) is 0 Å². The van der Waals surface area contributed by atoms with Crippen molar-refractivity contribution in [2.75, 3.05) is 0 Å². The van der Waals surface area contributed by atoms with Gasteiger partial charge in [-0.2, -0.15) is 0 Å². The molecule has 2 saturated carbocycles. The standard InChI is InChI=1S/C12H23N/c1-4-9-7-11(9)13-10-5-6-12(2,3)8-10/h9-11,13H,4-8H2,1-3H3. The molecule has 0 aromatic heterocycles. The molecule has 3 unspecified atom stereocenters. The van der Waals surface area contributed by atoms with Crippen molar-refractivity contribution in [3.05, 3.63) is 0 Å². The van der Waals surface area contributed by atoms with Gasteiger partial charge >= 0.3 is 0 Å². The van der Waals surface area contributed by atoms with Crippen LogP contribution in [0.2, 0.25) is 0 Å². The molecule has 0 spiro atoms. The molecular weight excluding hydrogens is 158 g/mol. The summed E-state index contributed by atoms with van der Waals surface area (Å²) < 4.78 is 0.